The number of amides is 1. The maximum absolute atomic E-state index is 12.1. The SMILES string of the molecule is CN(C(=O)C1CSCN1)C1CCOCC1. The number of carbonyl (C=O) groups excluding carboxylic acids is 1. The zero-order valence-electron chi connectivity index (χ0n) is 9.07. The third-order valence-corrected chi connectivity index (χ3v) is 4.04. The van der Waals surface area contributed by atoms with E-state index in [-0.39, 0.29) is 11.9 Å². The second-order valence-corrected chi connectivity index (χ2v) is 5.09. The Kier molecular flexibility index (Phi) is 3.88. The summed E-state index contributed by atoms with van der Waals surface area (Å²) >= 11 is 1.79. The fourth-order valence-corrected chi connectivity index (χ4v) is 2.99. The first-order chi connectivity index (χ1) is 7.29. The van der Waals surface area contributed by atoms with Crippen molar-refractivity contribution in [3.8, 4) is 0 Å². The summed E-state index contributed by atoms with van der Waals surface area (Å²) in [6.45, 7) is 1.57. The lowest BCUT2D eigenvalue weighted by atomic mass is 10.1. The van der Waals surface area contributed by atoms with Crippen LogP contribution in [-0.2, 0) is 9.53 Å². The van der Waals surface area contributed by atoms with Crippen LogP contribution in [-0.4, -0.2) is 54.8 Å². The average molecular weight is 230 g/mol. The molecule has 0 saturated carbocycles. The van der Waals surface area contributed by atoms with Crippen LogP contribution in [0.1, 0.15) is 12.8 Å². The van der Waals surface area contributed by atoms with E-state index in [9.17, 15) is 4.79 Å². The van der Waals surface area contributed by atoms with Crippen LogP contribution < -0.4 is 5.32 Å². The van der Waals surface area contributed by atoms with E-state index < -0.39 is 0 Å². The van der Waals surface area contributed by atoms with Crippen molar-refractivity contribution in [3.05, 3.63) is 0 Å². The van der Waals surface area contributed by atoms with Gasteiger partial charge < -0.3 is 9.64 Å². The Labute approximate surface area is 94.7 Å². The fraction of sp³-hybridized carbons (Fsp3) is 0.900. The highest BCUT2D eigenvalue weighted by molar-refractivity contribution is 7.99. The van der Waals surface area contributed by atoms with Gasteiger partial charge in [0, 0.05) is 37.9 Å². The van der Waals surface area contributed by atoms with E-state index in [1.807, 2.05) is 11.9 Å². The van der Waals surface area contributed by atoms with Crippen molar-refractivity contribution in [2.75, 3.05) is 31.9 Å². The molecule has 0 aromatic rings. The monoisotopic (exact) mass is 230 g/mol. The standard InChI is InChI=1S/C10H18N2O2S/c1-12(8-2-4-14-5-3-8)10(13)9-6-15-7-11-9/h8-9,11H,2-7H2,1H3. The van der Waals surface area contributed by atoms with Crippen molar-refractivity contribution in [1.29, 1.82) is 0 Å². The fourth-order valence-electron chi connectivity index (χ4n) is 2.05. The number of carbonyl (C=O) groups is 1. The van der Waals surface area contributed by atoms with E-state index in [1.54, 1.807) is 11.8 Å². The molecule has 0 bridgehead atoms. The van der Waals surface area contributed by atoms with Crippen molar-refractivity contribution in [2.24, 2.45) is 0 Å². The number of likely N-dealkylation sites (N-methyl/N-ethyl adjacent to an activating group) is 1. The Balaban J connectivity index is 1.87. The molecule has 0 aliphatic carbocycles. The van der Waals surface area contributed by atoms with Gasteiger partial charge in [-0.25, -0.2) is 0 Å². The number of hydrogen-bond acceptors (Lipinski definition) is 4. The number of nitrogens with one attached hydrogen (secondary N) is 1. The minimum atomic E-state index is 0.0304. The third kappa shape index (κ3) is 2.65. The molecule has 15 heavy (non-hydrogen) atoms. The van der Waals surface area contributed by atoms with Gasteiger partial charge >= 0.3 is 0 Å². The van der Waals surface area contributed by atoms with Gasteiger partial charge in [0.2, 0.25) is 5.91 Å². The van der Waals surface area contributed by atoms with Crippen LogP contribution in [0.15, 0.2) is 0 Å². The molecule has 2 saturated heterocycles. The predicted molar refractivity (Wildman–Crippen MR) is 60.9 cm³/mol. The lowest BCUT2D eigenvalue weighted by molar-refractivity contribution is -0.135. The molecule has 0 spiro atoms. The number of thioether (sulfide) groups is 1. The molecule has 2 heterocycles. The molecule has 2 fully saturated rings. The molecule has 1 N–H and O–H groups in total. The first kappa shape index (κ1) is 11.2. The topological polar surface area (TPSA) is 41.6 Å². The second-order valence-electron chi connectivity index (χ2n) is 4.06. The third-order valence-electron chi connectivity index (χ3n) is 3.10. The Bertz CT molecular complexity index is 225. The lowest BCUT2D eigenvalue weighted by Crippen LogP contribution is -2.48. The van der Waals surface area contributed by atoms with Crippen molar-refractivity contribution >= 4 is 17.7 Å². The van der Waals surface area contributed by atoms with Gasteiger partial charge in [-0.3, -0.25) is 10.1 Å². The van der Waals surface area contributed by atoms with Crippen molar-refractivity contribution in [2.45, 2.75) is 24.9 Å². The summed E-state index contributed by atoms with van der Waals surface area (Å²) in [5.74, 6) is 2.05. The molecule has 0 radical (unpaired) electrons. The lowest BCUT2D eigenvalue weighted by Gasteiger charge is -2.32. The van der Waals surface area contributed by atoms with E-state index in [2.05, 4.69) is 5.32 Å². The number of ether oxygens (including phenoxy) is 1. The zero-order valence-corrected chi connectivity index (χ0v) is 9.89. The van der Waals surface area contributed by atoms with Crippen LogP contribution in [0.25, 0.3) is 0 Å². The Morgan fingerprint density at radius 1 is 1.47 bits per heavy atom. The summed E-state index contributed by atoms with van der Waals surface area (Å²) in [6, 6.07) is 0.404. The highest BCUT2D eigenvalue weighted by Gasteiger charge is 2.29. The number of nitrogens with zero attached hydrogens (tertiary/aromatic N) is 1. The molecule has 2 rings (SSSR count). The number of rotatable bonds is 2. The summed E-state index contributed by atoms with van der Waals surface area (Å²) in [6.07, 6.45) is 1.95. The molecule has 86 valence electrons. The molecular formula is C10H18N2O2S. The second kappa shape index (κ2) is 5.18. The summed E-state index contributed by atoms with van der Waals surface area (Å²) in [4.78, 5) is 14.0. The smallest absolute Gasteiger partial charge is 0.240 e. The van der Waals surface area contributed by atoms with Gasteiger partial charge in [-0.05, 0) is 12.8 Å². The molecular weight excluding hydrogens is 212 g/mol. The molecule has 1 unspecified atom stereocenters. The minimum Gasteiger partial charge on any atom is -0.381 e. The highest BCUT2D eigenvalue weighted by Crippen LogP contribution is 2.17. The molecule has 5 heteroatoms. The summed E-state index contributed by atoms with van der Waals surface area (Å²) in [7, 11) is 1.92. The molecule has 4 nitrogen and oxygen atoms in total. The van der Waals surface area contributed by atoms with Gasteiger partial charge in [-0.2, -0.15) is 0 Å². The maximum Gasteiger partial charge on any atom is 0.240 e. The number of hydrogen-bond donors (Lipinski definition) is 1. The van der Waals surface area contributed by atoms with E-state index >= 15 is 0 Å². The van der Waals surface area contributed by atoms with Crippen LogP contribution in [0.3, 0.4) is 0 Å². The van der Waals surface area contributed by atoms with Gasteiger partial charge in [0.15, 0.2) is 0 Å². The van der Waals surface area contributed by atoms with Crippen molar-refractivity contribution < 1.29 is 9.53 Å². The van der Waals surface area contributed by atoms with Gasteiger partial charge in [0.1, 0.15) is 0 Å². The molecule has 0 aromatic heterocycles. The highest BCUT2D eigenvalue weighted by atomic mass is 32.2. The maximum atomic E-state index is 12.1. The first-order valence-corrected chi connectivity index (χ1v) is 6.60. The van der Waals surface area contributed by atoms with Crippen LogP contribution in [0, 0.1) is 0 Å². The zero-order chi connectivity index (χ0) is 10.7. The van der Waals surface area contributed by atoms with Crippen molar-refractivity contribution in [3.63, 3.8) is 0 Å². The van der Waals surface area contributed by atoms with Crippen LogP contribution >= 0.6 is 11.8 Å². The summed E-state index contributed by atoms with van der Waals surface area (Å²) < 4.78 is 5.30. The van der Waals surface area contributed by atoms with E-state index in [0.29, 0.717) is 6.04 Å². The van der Waals surface area contributed by atoms with E-state index in [1.165, 1.54) is 0 Å². The Hall–Kier alpha value is -0.260. The van der Waals surface area contributed by atoms with Crippen molar-refractivity contribution in [1.82, 2.24) is 10.2 Å². The van der Waals surface area contributed by atoms with E-state index in [4.69, 9.17) is 4.74 Å². The molecule has 2 aliphatic rings. The molecule has 1 amide bonds. The van der Waals surface area contributed by atoms with Gasteiger partial charge in [0.05, 0.1) is 6.04 Å². The first-order valence-electron chi connectivity index (χ1n) is 5.44. The normalized spacial score (nSPS) is 27.9. The molecule has 2 aliphatic heterocycles. The quantitative estimate of drug-likeness (QED) is 0.740. The van der Waals surface area contributed by atoms with Gasteiger partial charge in [0.25, 0.3) is 0 Å². The predicted octanol–water partition coefficient (Wildman–Crippen LogP) is 0.286. The van der Waals surface area contributed by atoms with Crippen LogP contribution in [0.4, 0.5) is 0 Å². The van der Waals surface area contributed by atoms with Gasteiger partial charge in [-0.1, -0.05) is 0 Å². The van der Waals surface area contributed by atoms with Gasteiger partial charge in [-0.15, -0.1) is 11.8 Å². The van der Waals surface area contributed by atoms with E-state index in [0.717, 1.165) is 37.7 Å². The largest absolute Gasteiger partial charge is 0.381 e. The van der Waals surface area contributed by atoms with Crippen LogP contribution in [0.5, 0.6) is 0 Å². The Morgan fingerprint density at radius 2 is 2.20 bits per heavy atom. The molecule has 1 atom stereocenters. The minimum absolute atomic E-state index is 0.0304. The van der Waals surface area contributed by atoms with Crippen LogP contribution in [0.2, 0.25) is 0 Å². The summed E-state index contributed by atoms with van der Waals surface area (Å²) in [5, 5.41) is 3.22. The average Bonchev–Trinajstić information content (AvgIpc) is 2.82. The molecule has 0 aromatic carbocycles. The Morgan fingerprint density at radius 3 is 2.80 bits per heavy atom. The summed E-state index contributed by atoms with van der Waals surface area (Å²) in [5.41, 5.74) is 0.